The summed E-state index contributed by atoms with van der Waals surface area (Å²) >= 11 is 0. The zero-order valence-corrected chi connectivity index (χ0v) is 22.7. The van der Waals surface area contributed by atoms with E-state index in [1.165, 1.54) is 43.3 Å². The van der Waals surface area contributed by atoms with Crippen LogP contribution in [0.2, 0.25) is 0 Å². The molecule has 0 bridgehead atoms. The number of likely N-dealkylation sites (N-methyl/N-ethyl adjacent to an activating group) is 1. The summed E-state index contributed by atoms with van der Waals surface area (Å²) in [6, 6.07) is 8.63. The molecule has 1 aliphatic heterocycles. The summed E-state index contributed by atoms with van der Waals surface area (Å²) in [6.45, 7) is 3.70. The second-order valence-electron chi connectivity index (χ2n) is 10.4. The second kappa shape index (κ2) is 10.4. The van der Waals surface area contributed by atoms with Crippen LogP contribution in [0.25, 0.3) is 11.0 Å². The molecule has 2 aromatic carbocycles. The van der Waals surface area contributed by atoms with Crippen LogP contribution in [0.5, 0.6) is 0 Å². The van der Waals surface area contributed by atoms with Crippen molar-refractivity contribution in [1.29, 1.82) is 0 Å². The Balaban J connectivity index is 1.74. The van der Waals surface area contributed by atoms with Gasteiger partial charge in [-0.3, -0.25) is 14.4 Å². The van der Waals surface area contributed by atoms with Gasteiger partial charge in [0.25, 0.3) is 11.8 Å². The fraction of sp³-hybridized carbons (Fsp3) is 0.414. The maximum absolute atomic E-state index is 14.6. The number of carbonyl (C=O) groups is 3. The monoisotopic (exact) mass is 543 g/mol. The third kappa shape index (κ3) is 5.24. The fourth-order valence-corrected chi connectivity index (χ4v) is 4.94. The van der Waals surface area contributed by atoms with Crippen molar-refractivity contribution >= 4 is 28.7 Å². The number of alkyl halides is 2. The van der Waals surface area contributed by atoms with E-state index in [2.05, 4.69) is 5.32 Å². The van der Waals surface area contributed by atoms with Crippen molar-refractivity contribution in [1.82, 2.24) is 15.1 Å². The summed E-state index contributed by atoms with van der Waals surface area (Å²) in [6.07, 6.45) is 0.801. The van der Waals surface area contributed by atoms with Crippen LogP contribution in [0.15, 0.2) is 40.8 Å². The van der Waals surface area contributed by atoms with Crippen molar-refractivity contribution in [3.63, 3.8) is 0 Å². The molecule has 0 radical (unpaired) electrons. The summed E-state index contributed by atoms with van der Waals surface area (Å²) in [5.41, 5.74) is 0.0137. The Morgan fingerprint density at radius 3 is 2.56 bits per heavy atom. The summed E-state index contributed by atoms with van der Waals surface area (Å²) in [5.74, 6) is -5.33. The maximum atomic E-state index is 14.6. The van der Waals surface area contributed by atoms with Crippen molar-refractivity contribution in [3.8, 4) is 0 Å². The van der Waals surface area contributed by atoms with Gasteiger partial charge < -0.3 is 19.5 Å². The Hall–Kier alpha value is -3.82. The van der Waals surface area contributed by atoms with E-state index in [1.54, 1.807) is 19.1 Å². The Kier molecular flexibility index (Phi) is 7.51. The molecule has 3 aromatic rings. The lowest BCUT2D eigenvalue weighted by atomic mass is 9.90. The van der Waals surface area contributed by atoms with E-state index in [0.29, 0.717) is 22.9 Å². The highest BCUT2D eigenvalue weighted by atomic mass is 19.3. The number of rotatable bonds is 7. The molecule has 10 heteroatoms. The van der Waals surface area contributed by atoms with E-state index in [-0.39, 0.29) is 36.3 Å². The van der Waals surface area contributed by atoms with Crippen LogP contribution in [-0.4, -0.2) is 53.7 Å². The van der Waals surface area contributed by atoms with Gasteiger partial charge in [0.1, 0.15) is 23.5 Å². The molecule has 1 N–H and O–H groups in total. The van der Waals surface area contributed by atoms with Gasteiger partial charge in [-0.25, -0.2) is 13.2 Å². The molecule has 1 aliphatic rings. The van der Waals surface area contributed by atoms with Crippen LogP contribution in [0.3, 0.4) is 0 Å². The summed E-state index contributed by atoms with van der Waals surface area (Å²) in [4.78, 5) is 42.8. The molecular weight excluding hydrogens is 511 g/mol. The highest BCUT2D eigenvalue weighted by Crippen LogP contribution is 2.38. The van der Waals surface area contributed by atoms with Crippen molar-refractivity contribution in [2.45, 2.75) is 58.0 Å². The number of amides is 3. The number of nitrogens with one attached hydrogen (secondary N) is 1. The average molecular weight is 544 g/mol. The van der Waals surface area contributed by atoms with Crippen molar-refractivity contribution < 1.29 is 32.0 Å². The van der Waals surface area contributed by atoms with E-state index in [1.807, 2.05) is 6.92 Å². The SMILES string of the molecule is CCc1cccc(F)c1CNC(=O)C1(C)CCc2c(oc3ccc(C(C)(F)F)cc23)C(=O)N1CC(=O)N(C)C. The van der Waals surface area contributed by atoms with Crippen LogP contribution < -0.4 is 5.32 Å². The largest absolute Gasteiger partial charge is 0.451 e. The third-order valence-electron chi connectivity index (χ3n) is 7.50. The predicted molar refractivity (Wildman–Crippen MR) is 140 cm³/mol. The number of nitrogens with zero attached hydrogens (tertiary/aromatic N) is 2. The number of hydrogen-bond donors (Lipinski definition) is 1. The quantitative estimate of drug-likeness (QED) is 0.464. The minimum absolute atomic E-state index is 0.0809. The van der Waals surface area contributed by atoms with Gasteiger partial charge in [0.15, 0.2) is 5.76 Å². The Morgan fingerprint density at radius 1 is 1.21 bits per heavy atom. The van der Waals surface area contributed by atoms with Gasteiger partial charge in [0, 0.05) is 49.6 Å². The fourth-order valence-electron chi connectivity index (χ4n) is 4.94. The van der Waals surface area contributed by atoms with Gasteiger partial charge in [0.2, 0.25) is 11.8 Å². The average Bonchev–Trinajstić information content (AvgIpc) is 3.21. The second-order valence-corrected chi connectivity index (χ2v) is 10.4. The molecule has 208 valence electrons. The number of halogens is 3. The van der Waals surface area contributed by atoms with Crippen LogP contribution in [0, 0.1) is 5.82 Å². The Labute approximate surface area is 224 Å². The van der Waals surface area contributed by atoms with Crippen LogP contribution in [0.4, 0.5) is 13.2 Å². The molecule has 1 aromatic heterocycles. The molecule has 3 amide bonds. The third-order valence-corrected chi connectivity index (χ3v) is 7.50. The van der Waals surface area contributed by atoms with E-state index in [0.717, 1.165) is 17.4 Å². The molecule has 0 spiro atoms. The zero-order chi connectivity index (χ0) is 28.7. The molecule has 7 nitrogen and oxygen atoms in total. The number of hydrogen-bond acceptors (Lipinski definition) is 4. The number of fused-ring (bicyclic) bond motifs is 3. The summed E-state index contributed by atoms with van der Waals surface area (Å²) in [7, 11) is 3.07. The molecule has 1 unspecified atom stereocenters. The summed E-state index contributed by atoms with van der Waals surface area (Å²) in [5, 5.41) is 3.12. The minimum Gasteiger partial charge on any atom is -0.451 e. The molecule has 0 saturated heterocycles. The van der Waals surface area contributed by atoms with Gasteiger partial charge in [-0.2, -0.15) is 0 Å². The van der Waals surface area contributed by atoms with E-state index in [4.69, 9.17) is 4.42 Å². The molecule has 0 saturated carbocycles. The van der Waals surface area contributed by atoms with Gasteiger partial charge in [-0.1, -0.05) is 19.1 Å². The first-order valence-electron chi connectivity index (χ1n) is 12.8. The topological polar surface area (TPSA) is 82.9 Å². The first-order valence-corrected chi connectivity index (χ1v) is 12.8. The molecule has 0 fully saturated rings. The maximum Gasteiger partial charge on any atom is 0.291 e. The lowest BCUT2D eigenvalue weighted by molar-refractivity contribution is -0.136. The molecular formula is C29H32F3N3O4. The van der Waals surface area contributed by atoms with E-state index < -0.39 is 41.5 Å². The van der Waals surface area contributed by atoms with E-state index >= 15 is 0 Å². The summed E-state index contributed by atoms with van der Waals surface area (Å²) < 4.78 is 48.5. The zero-order valence-electron chi connectivity index (χ0n) is 22.7. The predicted octanol–water partition coefficient (Wildman–Crippen LogP) is 4.80. The molecule has 39 heavy (non-hydrogen) atoms. The molecule has 2 heterocycles. The first-order chi connectivity index (χ1) is 18.3. The van der Waals surface area contributed by atoms with E-state index in [9.17, 15) is 27.6 Å². The number of furan rings is 1. The van der Waals surface area contributed by atoms with Gasteiger partial charge in [-0.05, 0) is 56.0 Å². The first kappa shape index (κ1) is 28.2. The lowest BCUT2D eigenvalue weighted by Crippen LogP contribution is -2.60. The number of aryl methyl sites for hydroxylation is 2. The van der Waals surface area contributed by atoms with Crippen molar-refractivity contribution in [2.75, 3.05) is 20.6 Å². The highest BCUT2D eigenvalue weighted by Gasteiger charge is 2.47. The van der Waals surface area contributed by atoms with Crippen LogP contribution in [0.1, 0.15) is 60.0 Å². The highest BCUT2D eigenvalue weighted by molar-refractivity contribution is 6.04. The van der Waals surface area contributed by atoms with Gasteiger partial charge >= 0.3 is 0 Å². The Bertz CT molecular complexity index is 1440. The Morgan fingerprint density at radius 2 is 1.92 bits per heavy atom. The van der Waals surface area contributed by atoms with Crippen LogP contribution >= 0.6 is 0 Å². The number of carbonyl (C=O) groups excluding carboxylic acids is 3. The smallest absolute Gasteiger partial charge is 0.291 e. The lowest BCUT2D eigenvalue weighted by Gasteiger charge is -2.38. The number of benzene rings is 2. The van der Waals surface area contributed by atoms with Gasteiger partial charge in [-0.15, -0.1) is 0 Å². The van der Waals surface area contributed by atoms with Crippen molar-refractivity contribution in [3.05, 3.63) is 70.2 Å². The molecule has 4 rings (SSSR count). The standard InChI is InChI=1S/C29H32F3N3O4/c1-6-17-8-7-9-22(30)21(17)15-33-27(38)28(2)13-12-19-20-14-18(29(3,31)32)10-11-23(20)39-25(19)26(37)35(28)16-24(36)34(4)5/h7-11,14H,6,12-13,15-16H2,1-5H3,(H,33,38). The molecule has 0 aliphatic carbocycles. The minimum atomic E-state index is -3.10. The van der Waals surface area contributed by atoms with Gasteiger partial charge in [0.05, 0.1) is 0 Å². The van der Waals surface area contributed by atoms with Crippen LogP contribution in [-0.2, 0) is 34.9 Å². The normalized spacial score (nSPS) is 17.6. The molecule has 1 atom stereocenters. The van der Waals surface area contributed by atoms with Crippen molar-refractivity contribution in [2.24, 2.45) is 0 Å².